The summed E-state index contributed by atoms with van der Waals surface area (Å²) < 4.78 is 11.5. The van der Waals surface area contributed by atoms with E-state index in [1.54, 1.807) is 0 Å². The molecule has 1 aromatic heterocycles. The lowest BCUT2D eigenvalue weighted by Crippen LogP contribution is -2.53. The van der Waals surface area contributed by atoms with E-state index in [0.29, 0.717) is 12.2 Å². The molecule has 130 valence electrons. The highest BCUT2D eigenvalue weighted by molar-refractivity contribution is 5.77. The third-order valence-corrected chi connectivity index (χ3v) is 4.52. The Bertz CT molecular complexity index is 631. The molecule has 0 aliphatic carbocycles. The molecule has 1 saturated heterocycles. The van der Waals surface area contributed by atoms with Gasteiger partial charge >= 0.3 is 0 Å². The molecule has 1 atom stereocenters. The SMILES string of the molecule is CCCCc1noc(C)c1COC1C=CC(C=O)=CN1N1CCC1. The second kappa shape index (κ2) is 7.77. The highest BCUT2D eigenvalue weighted by Crippen LogP contribution is 2.24. The molecule has 2 aliphatic heterocycles. The van der Waals surface area contributed by atoms with Gasteiger partial charge in [-0.3, -0.25) is 9.80 Å². The van der Waals surface area contributed by atoms with Crippen LogP contribution < -0.4 is 0 Å². The Morgan fingerprint density at radius 2 is 2.29 bits per heavy atom. The number of unbranched alkanes of at least 4 members (excludes halogenated alkanes) is 1. The van der Waals surface area contributed by atoms with Crippen LogP contribution in [0.5, 0.6) is 0 Å². The third kappa shape index (κ3) is 3.60. The van der Waals surface area contributed by atoms with Crippen molar-refractivity contribution in [3.05, 3.63) is 40.9 Å². The fourth-order valence-electron chi connectivity index (χ4n) is 2.86. The molecule has 24 heavy (non-hydrogen) atoms. The number of aromatic nitrogens is 1. The van der Waals surface area contributed by atoms with Crippen molar-refractivity contribution in [2.24, 2.45) is 0 Å². The molecule has 1 fully saturated rings. The first-order chi connectivity index (χ1) is 11.7. The smallest absolute Gasteiger partial charge is 0.163 e. The number of aldehydes is 1. The van der Waals surface area contributed by atoms with Gasteiger partial charge in [-0.05, 0) is 38.3 Å². The maximum Gasteiger partial charge on any atom is 0.163 e. The van der Waals surface area contributed by atoms with Gasteiger partial charge in [0.1, 0.15) is 5.76 Å². The number of carbonyl (C=O) groups excluding carboxylic acids is 1. The molecule has 1 unspecified atom stereocenters. The number of allylic oxidation sites excluding steroid dienone is 2. The maximum atomic E-state index is 11.0. The largest absolute Gasteiger partial charge is 0.361 e. The number of ether oxygens (including phenoxy) is 1. The summed E-state index contributed by atoms with van der Waals surface area (Å²) in [6.07, 6.45) is 10.6. The van der Waals surface area contributed by atoms with E-state index in [1.165, 1.54) is 6.42 Å². The van der Waals surface area contributed by atoms with Gasteiger partial charge in [-0.1, -0.05) is 18.5 Å². The highest BCUT2D eigenvalue weighted by atomic mass is 16.5. The lowest BCUT2D eigenvalue weighted by molar-refractivity contribution is -0.146. The molecule has 0 amide bonds. The molecule has 0 saturated carbocycles. The van der Waals surface area contributed by atoms with Crippen molar-refractivity contribution < 1.29 is 14.1 Å². The van der Waals surface area contributed by atoms with Crippen molar-refractivity contribution in [2.75, 3.05) is 13.1 Å². The summed E-state index contributed by atoms with van der Waals surface area (Å²) in [5.74, 6) is 0.820. The van der Waals surface area contributed by atoms with E-state index in [0.717, 1.165) is 55.7 Å². The van der Waals surface area contributed by atoms with E-state index < -0.39 is 0 Å². The van der Waals surface area contributed by atoms with Crippen LogP contribution in [0.3, 0.4) is 0 Å². The molecular weight excluding hydrogens is 306 g/mol. The van der Waals surface area contributed by atoms with Crippen molar-refractivity contribution in [2.45, 2.75) is 52.4 Å². The Morgan fingerprint density at radius 3 is 2.96 bits per heavy atom. The zero-order chi connectivity index (χ0) is 16.9. The van der Waals surface area contributed by atoms with Crippen molar-refractivity contribution in [3.8, 4) is 0 Å². The summed E-state index contributed by atoms with van der Waals surface area (Å²) in [4.78, 5) is 11.0. The second-order valence-electron chi connectivity index (χ2n) is 6.26. The molecule has 3 rings (SSSR count). The van der Waals surface area contributed by atoms with Crippen LogP contribution in [-0.2, 0) is 22.6 Å². The summed E-state index contributed by atoms with van der Waals surface area (Å²) in [6.45, 7) is 6.53. The molecule has 0 N–H and O–H groups in total. The minimum Gasteiger partial charge on any atom is -0.361 e. The standard InChI is InChI=1S/C18H25N3O3/c1-3-4-6-17-16(14(2)24-19-17)13-23-18-8-7-15(12-22)11-21(18)20-9-5-10-20/h7-8,11-12,18H,3-6,9-10,13H2,1-2H3. The molecule has 2 aliphatic rings. The number of carbonyl (C=O) groups is 1. The normalized spacial score (nSPS) is 20.8. The van der Waals surface area contributed by atoms with Crippen LogP contribution in [-0.4, -0.2) is 40.8 Å². The molecule has 0 spiro atoms. The van der Waals surface area contributed by atoms with Crippen molar-refractivity contribution in [1.29, 1.82) is 0 Å². The van der Waals surface area contributed by atoms with Gasteiger partial charge in [-0.15, -0.1) is 0 Å². The van der Waals surface area contributed by atoms with E-state index in [2.05, 4.69) is 17.1 Å². The predicted molar refractivity (Wildman–Crippen MR) is 89.7 cm³/mol. The van der Waals surface area contributed by atoms with Gasteiger partial charge in [-0.2, -0.15) is 0 Å². The lowest BCUT2D eigenvalue weighted by atomic mass is 10.1. The zero-order valence-corrected chi connectivity index (χ0v) is 14.4. The zero-order valence-electron chi connectivity index (χ0n) is 14.4. The molecule has 0 bridgehead atoms. The molecule has 0 aromatic carbocycles. The quantitative estimate of drug-likeness (QED) is 0.683. The van der Waals surface area contributed by atoms with Crippen LogP contribution in [0.15, 0.2) is 28.4 Å². The Balaban J connectivity index is 1.67. The first-order valence-corrected chi connectivity index (χ1v) is 8.67. The Morgan fingerprint density at radius 1 is 1.46 bits per heavy atom. The average molecular weight is 331 g/mol. The summed E-state index contributed by atoms with van der Waals surface area (Å²) in [5.41, 5.74) is 2.70. The minimum absolute atomic E-state index is 0.206. The van der Waals surface area contributed by atoms with E-state index in [-0.39, 0.29) is 6.23 Å². The highest BCUT2D eigenvalue weighted by Gasteiger charge is 2.28. The Labute approximate surface area is 142 Å². The van der Waals surface area contributed by atoms with E-state index in [9.17, 15) is 4.79 Å². The van der Waals surface area contributed by atoms with E-state index in [1.807, 2.05) is 30.3 Å². The monoisotopic (exact) mass is 331 g/mol. The number of hydrogen-bond donors (Lipinski definition) is 0. The van der Waals surface area contributed by atoms with Crippen LogP contribution in [0, 0.1) is 6.92 Å². The van der Waals surface area contributed by atoms with Gasteiger partial charge < -0.3 is 9.26 Å². The number of nitrogens with zero attached hydrogens (tertiary/aromatic N) is 3. The van der Waals surface area contributed by atoms with Gasteiger partial charge in [0.2, 0.25) is 0 Å². The minimum atomic E-state index is -0.206. The third-order valence-electron chi connectivity index (χ3n) is 4.52. The van der Waals surface area contributed by atoms with Crippen LogP contribution in [0.4, 0.5) is 0 Å². The van der Waals surface area contributed by atoms with Crippen LogP contribution in [0.1, 0.15) is 43.2 Å². The Kier molecular flexibility index (Phi) is 5.48. The fraction of sp³-hybridized carbons (Fsp3) is 0.556. The van der Waals surface area contributed by atoms with Gasteiger partial charge in [0.25, 0.3) is 0 Å². The Hall–Kier alpha value is -1.92. The first-order valence-electron chi connectivity index (χ1n) is 8.67. The van der Waals surface area contributed by atoms with Crippen molar-refractivity contribution in [3.63, 3.8) is 0 Å². The average Bonchev–Trinajstić information content (AvgIpc) is 2.90. The summed E-state index contributed by atoms with van der Waals surface area (Å²) in [7, 11) is 0. The molecule has 6 nitrogen and oxygen atoms in total. The lowest BCUT2D eigenvalue weighted by Gasteiger charge is -2.44. The molecule has 0 radical (unpaired) electrons. The van der Waals surface area contributed by atoms with Gasteiger partial charge in [0.05, 0.1) is 12.3 Å². The number of aryl methyl sites for hydroxylation is 2. The first kappa shape index (κ1) is 16.9. The number of hydrazine groups is 1. The van der Waals surface area contributed by atoms with Gasteiger partial charge in [0, 0.05) is 30.4 Å². The van der Waals surface area contributed by atoms with E-state index in [4.69, 9.17) is 9.26 Å². The van der Waals surface area contributed by atoms with Crippen LogP contribution in [0.2, 0.25) is 0 Å². The summed E-state index contributed by atoms with van der Waals surface area (Å²) >= 11 is 0. The van der Waals surface area contributed by atoms with Crippen molar-refractivity contribution in [1.82, 2.24) is 15.2 Å². The van der Waals surface area contributed by atoms with Crippen LogP contribution in [0.25, 0.3) is 0 Å². The molecular formula is C18H25N3O3. The maximum absolute atomic E-state index is 11.0. The summed E-state index contributed by atoms with van der Waals surface area (Å²) in [5, 5.41) is 8.37. The van der Waals surface area contributed by atoms with Crippen molar-refractivity contribution >= 4 is 6.29 Å². The van der Waals surface area contributed by atoms with Crippen LogP contribution >= 0.6 is 0 Å². The van der Waals surface area contributed by atoms with Gasteiger partial charge in [-0.25, -0.2) is 5.01 Å². The topological polar surface area (TPSA) is 58.8 Å². The molecule has 6 heteroatoms. The molecule has 3 heterocycles. The number of rotatable bonds is 8. The van der Waals surface area contributed by atoms with Gasteiger partial charge in [0.15, 0.2) is 12.5 Å². The second-order valence-corrected chi connectivity index (χ2v) is 6.26. The molecule has 1 aromatic rings. The number of hydrogen-bond acceptors (Lipinski definition) is 6. The fourth-order valence-corrected chi connectivity index (χ4v) is 2.86. The summed E-state index contributed by atoms with van der Waals surface area (Å²) in [6, 6.07) is 0. The van der Waals surface area contributed by atoms with E-state index >= 15 is 0 Å². The predicted octanol–water partition coefficient (Wildman–Crippen LogP) is 2.74.